The number of aliphatic carboxylic acids is 1. The third kappa shape index (κ3) is 3.35. The molecule has 0 aliphatic carbocycles. The quantitative estimate of drug-likeness (QED) is 0.544. The van der Waals surface area contributed by atoms with Crippen molar-refractivity contribution in [2.45, 2.75) is 18.9 Å². The van der Waals surface area contributed by atoms with Crippen molar-refractivity contribution < 1.29 is 32.7 Å². The van der Waals surface area contributed by atoms with E-state index < -0.39 is 53.7 Å². The maximum absolute atomic E-state index is 14.3. The van der Waals surface area contributed by atoms with Crippen LogP contribution in [0, 0.1) is 17.5 Å². The largest absolute Gasteiger partial charge is 0.481 e. The maximum Gasteiger partial charge on any atom is 0.307 e. The van der Waals surface area contributed by atoms with Crippen LogP contribution >= 0.6 is 0 Å². The number of aliphatic imine (C=N–C) groups is 1. The van der Waals surface area contributed by atoms with Crippen LogP contribution in [-0.2, 0) is 27.3 Å². The Hall–Kier alpha value is -3.95. The summed E-state index contributed by atoms with van der Waals surface area (Å²) in [7, 11) is 0. The number of amides is 1. The van der Waals surface area contributed by atoms with Gasteiger partial charge >= 0.3 is 5.97 Å². The first-order valence-corrected chi connectivity index (χ1v) is 9.08. The number of fused-ring (bicyclic) bond motifs is 3. The number of hydrogen-bond acceptors (Lipinski definition) is 5. The second kappa shape index (κ2) is 7.71. The standard InChI is InChI=1S/C21H14F3N3O4/c22-12-2-3-13(23)20(24)11(12)8-27-14-4-1-10(5-17(30)31)21(26-9-28)19(14)18-15(27)6-25-7-16(18)29/h1-4,6-7,9,18H,5,8H2,(H,26,28)(H,30,31). The number of carboxylic acids is 1. The normalized spacial score (nSPS) is 16.6. The van der Waals surface area contributed by atoms with Crippen molar-refractivity contribution in [1.82, 2.24) is 0 Å². The van der Waals surface area contributed by atoms with E-state index >= 15 is 0 Å². The Morgan fingerprint density at radius 1 is 1.19 bits per heavy atom. The fourth-order valence-electron chi connectivity index (χ4n) is 3.91. The Balaban J connectivity index is 1.91. The fourth-order valence-corrected chi connectivity index (χ4v) is 3.91. The molecule has 0 fully saturated rings. The number of Topliss-reactive ketones (excluding diaryl/α,β-unsaturated/α-hetero) is 1. The highest BCUT2D eigenvalue weighted by Crippen LogP contribution is 2.50. The fraction of sp³-hybridized carbons (Fsp3) is 0.143. The molecule has 0 saturated carbocycles. The summed E-state index contributed by atoms with van der Waals surface area (Å²) in [6.45, 7) is -0.452. The van der Waals surface area contributed by atoms with E-state index in [0.29, 0.717) is 18.2 Å². The Kier molecular flexibility index (Phi) is 5.05. The molecule has 2 aliphatic rings. The van der Waals surface area contributed by atoms with Crippen LogP contribution < -0.4 is 10.2 Å². The van der Waals surface area contributed by atoms with Crippen molar-refractivity contribution in [2.75, 3.05) is 10.2 Å². The van der Waals surface area contributed by atoms with Crippen LogP contribution in [0.4, 0.5) is 24.5 Å². The molecule has 158 valence electrons. The van der Waals surface area contributed by atoms with Gasteiger partial charge in [-0.05, 0) is 23.8 Å². The zero-order valence-electron chi connectivity index (χ0n) is 15.7. The molecule has 31 heavy (non-hydrogen) atoms. The molecule has 1 atom stereocenters. The van der Waals surface area contributed by atoms with Gasteiger partial charge in [-0.25, -0.2) is 13.2 Å². The van der Waals surface area contributed by atoms with Gasteiger partial charge in [-0.1, -0.05) is 6.07 Å². The number of allylic oxidation sites excluding steroid dienone is 1. The van der Waals surface area contributed by atoms with Crippen molar-refractivity contribution in [3.8, 4) is 0 Å². The third-order valence-electron chi connectivity index (χ3n) is 5.19. The lowest BCUT2D eigenvalue weighted by molar-refractivity contribution is -0.136. The second-order valence-corrected chi connectivity index (χ2v) is 6.94. The minimum absolute atomic E-state index is 0.122. The van der Waals surface area contributed by atoms with Gasteiger partial charge in [-0.15, -0.1) is 0 Å². The second-order valence-electron chi connectivity index (χ2n) is 6.94. The average Bonchev–Trinajstić information content (AvgIpc) is 3.04. The Morgan fingerprint density at radius 3 is 2.65 bits per heavy atom. The first-order valence-electron chi connectivity index (χ1n) is 9.08. The summed E-state index contributed by atoms with van der Waals surface area (Å²) in [6, 6.07) is 4.40. The van der Waals surface area contributed by atoms with Gasteiger partial charge in [0.1, 0.15) is 5.82 Å². The van der Waals surface area contributed by atoms with Gasteiger partial charge < -0.3 is 15.3 Å². The van der Waals surface area contributed by atoms with Gasteiger partial charge in [-0.2, -0.15) is 0 Å². The van der Waals surface area contributed by atoms with Crippen LogP contribution in [0.25, 0.3) is 0 Å². The molecule has 4 rings (SSSR count). The Labute approximate surface area is 173 Å². The molecular weight excluding hydrogens is 415 g/mol. The first kappa shape index (κ1) is 20.3. The van der Waals surface area contributed by atoms with Crippen LogP contribution in [0.5, 0.6) is 0 Å². The number of hydrogen-bond donors (Lipinski definition) is 2. The van der Waals surface area contributed by atoms with E-state index in [2.05, 4.69) is 10.3 Å². The minimum atomic E-state index is -1.36. The van der Waals surface area contributed by atoms with E-state index in [1.165, 1.54) is 23.2 Å². The number of rotatable bonds is 6. The number of benzene rings is 2. The summed E-state index contributed by atoms with van der Waals surface area (Å²) in [6.07, 6.45) is 2.33. The van der Waals surface area contributed by atoms with Crippen LogP contribution in [-0.4, -0.2) is 29.5 Å². The molecule has 2 aromatic carbocycles. The first-order chi connectivity index (χ1) is 14.8. The smallest absolute Gasteiger partial charge is 0.307 e. The highest BCUT2D eigenvalue weighted by atomic mass is 19.2. The number of carboxylic acid groups (broad SMARTS) is 1. The van der Waals surface area contributed by atoms with Gasteiger partial charge in [0.05, 0.1) is 36.5 Å². The average molecular weight is 429 g/mol. The molecule has 0 aromatic heterocycles. The topological polar surface area (TPSA) is 99.1 Å². The van der Waals surface area contributed by atoms with Gasteiger partial charge in [0.2, 0.25) is 6.41 Å². The lowest BCUT2D eigenvalue weighted by atomic mass is 9.90. The van der Waals surface area contributed by atoms with Crippen molar-refractivity contribution in [3.05, 3.63) is 70.3 Å². The van der Waals surface area contributed by atoms with Gasteiger partial charge in [0.25, 0.3) is 0 Å². The summed E-state index contributed by atoms with van der Waals surface area (Å²) in [5.41, 5.74) is 0.693. The summed E-state index contributed by atoms with van der Waals surface area (Å²) in [4.78, 5) is 40.4. The molecule has 0 spiro atoms. The summed E-state index contributed by atoms with van der Waals surface area (Å²) < 4.78 is 42.3. The van der Waals surface area contributed by atoms with Crippen molar-refractivity contribution in [2.24, 2.45) is 4.99 Å². The molecule has 0 bridgehead atoms. The monoisotopic (exact) mass is 429 g/mol. The predicted octanol–water partition coefficient (Wildman–Crippen LogP) is 2.90. The molecule has 0 radical (unpaired) electrons. The molecule has 2 aliphatic heterocycles. The van der Waals surface area contributed by atoms with Gasteiger partial charge in [0, 0.05) is 23.0 Å². The molecule has 1 amide bonds. The molecular formula is C21H14F3N3O4. The number of nitrogens with zero attached hydrogens (tertiary/aromatic N) is 2. The molecule has 2 heterocycles. The molecule has 2 aromatic rings. The van der Waals surface area contributed by atoms with E-state index in [1.54, 1.807) is 0 Å². The Bertz CT molecular complexity index is 1190. The van der Waals surface area contributed by atoms with E-state index in [-0.39, 0.29) is 22.5 Å². The lowest BCUT2D eigenvalue weighted by Crippen LogP contribution is -2.25. The number of anilines is 2. The maximum atomic E-state index is 14.3. The minimum Gasteiger partial charge on any atom is -0.481 e. The Morgan fingerprint density at radius 2 is 1.94 bits per heavy atom. The number of carbonyl (C=O) groups excluding carboxylic acids is 2. The third-order valence-corrected chi connectivity index (χ3v) is 5.19. The number of halogens is 3. The van der Waals surface area contributed by atoms with Gasteiger partial charge in [0.15, 0.2) is 17.4 Å². The molecule has 7 nitrogen and oxygen atoms in total. The molecule has 1 unspecified atom stereocenters. The summed E-state index contributed by atoms with van der Waals surface area (Å²) in [5, 5.41) is 11.6. The van der Waals surface area contributed by atoms with Crippen LogP contribution in [0.1, 0.15) is 22.6 Å². The number of carbonyl (C=O) groups is 3. The number of ketones is 1. The van der Waals surface area contributed by atoms with Crippen LogP contribution in [0.3, 0.4) is 0 Å². The summed E-state index contributed by atoms with van der Waals surface area (Å²) >= 11 is 0. The van der Waals surface area contributed by atoms with E-state index in [0.717, 1.165) is 12.3 Å². The van der Waals surface area contributed by atoms with Crippen molar-refractivity contribution >= 4 is 35.8 Å². The molecule has 2 N–H and O–H groups in total. The lowest BCUT2D eigenvalue weighted by Gasteiger charge is -2.24. The number of nitrogens with one attached hydrogen (secondary N) is 1. The van der Waals surface area contributed by atoms with E-state index in [9.17, 15) is 32.7 Å². The SMILES string of the molecule is O=CNc1c(CC(=O)O)ccc2c1C1C(=O)C=NC=C1N2Cc1c(F)ccc(F)c1F. The summed E-state index contributed by atoms with van der Waals surface area (Å²) in [5.74, 6) is -6.13. The predicted molar refractivity (Wildman–Crippen MR) is 104 cm³/mol. The molecule has 10 heteroatoms. The highest BCUT2D eigenvalue weighted by Gasteiger charge is 2.42. The highest BCUT2D eigenvalue weighted by molar-refractivity contribution is 6.33. The van der Waals surface area contributed by atoms with Crippen LogP contribution in [0.15, 0.2) is 41.2 Å². The van der Waals surface area contributed by atoms with Crippen LogP contribution in [0.2, 0.25) is 0 Å². The van der Waals surface area contributed by atoms with E-state index in [1.807, 2.05) is 0 Å². The zero-order valence-corrected chi connectivity index (χ0v) is 15.7. The zero-order chi connectivity index (χ0) is 22.3. The van der Waals surface area contributed by atoms with Crippen molar-refractivity contribution in [1.29, 1.82) is 0 Å². The molecule has 0 saturated heterocycles. The van der Waals surface area contributed by atoms with Gasteiger partial charge in [-0.3, -0.25) is 19.4 Å². The van der Waals surface area contributed by atoms with E-state index in [4.69, 9.17) is 0 Å². The van der Waals surface area contributed by atoms with Crippen molar-refractivity contribution in [3.63, 3.8) is 0 Å².